The van der Waals surface area contributed by atoms with E-state index in [9.17, 15) is 19.2 Å². The fourth-order valence-corrected chi connectivity index (χ4v) is 5.98. The first kappa shape index (κ1) is 32.3. The highest BCUT2D eigenvalue weighted by atomic mass is 32.1. The molecule has 38 heavy (non-hydrogen) atoms. The molecule has 0 bridgehead atoms. The van der Waals surface area contributed by atoms with E-state index in [2.05, 4.69) is 27.7 Å². The van der Waals surface area contributed by atoms with Crippen molar-refractivity contribution in [2.45, 2.75) is 105 Å². The Labute approximate surface area is 239 Å². The monoisotopic (exact) mass is 566 g/mol. The van der Waals surface area contributed by atoms with Crippen molar-refractivity contribution in [3.63, 3.8) is 0 Å². The average Bonchev–Trinajstić information content (AvgIpc) is 3.29. The number of Topliss-reactive ketones (excluding diaryl/α,β-unsaturated/α-hetero) is 1. The van der Waals surface area contributed by atoms with E-state index in [1.54, 1.807) is 9.80 Å². The van der Waals surface area contributed by atoms with Gasteiger partial charge in [0.2, 0.25) is 11.8 Å². The molecule has 2 aliphatic heterocycles. The van der Waals surface area contributed by atoms with E-state index in [1.807, 2.05) is 23.6 Å². The first-order valence-corrected chi connectivity index (χ1v) is 14.8. The number of hydrogen-bond donors (Lipinski definition) is 0. The lowest BCUT2D eigenvalue weighted by atomic mass is 9.81. The third-order valence-corrected chi connectivity index (χ3v) is 8.67. The van der Waals surface area contributed by atoms with Gasteiger partial charge >= 0.3 is 0 Å². The molecule has 0 spiro atoms. The second-order valence-electron chi connectivity index (χ2n) is 12.1. The smallest absolute Gasteiger partial charge is 0.250 e. The highest BCUT2D eigenvalue weighted by Crippen LogP contribution is 2.35. The number of rotatable bonds is 17. The van der Waals surface area contributed by atoms with Gasteiger partial charge in [-0.15, -0.1) is 0 Å². The summed E-state index contributed by atoms with van der Waals surface area (Å²) >= 11 is 11.3. The van der Waals surface area contributed by atoms with Crippen LogP contribution in [0.15, 0.2) is 0 Å². The van der Waals surface area contributed by atoms with Gasteiger partial charge in [-0.3, -0.25) is 24.2 Å². The van der Waals surface area contributed by atoms with Crippen molar-refractivity contribution in [3.05, 3.63) is 0 Å². The molecule has 10 heteroatoms. The van der Waals surface area contributed by atoms with Crippen molar-refractivity contribution in [2.75, 3.05) is 26.2 Å². The maximum Gasteiger partial charge on any atom is 0.250 e. The molecule has 0 aliphatic carbocycles. The molecule has 0 N–H and O–H groups in total. The Balaban J connectivity index is 2.01. The molecule has 0 saturated carbocycles. The molecule has 0 atom stereocenters. The molecule has 2 fully saturated rings. The largest absolute Gasteiger partial charge is 0.340 e. The molecule has 0 aromatic rings. The van der Waals surface area contributed by atoms with E-state index in [-0.39, 0.29) is 41.5 Å². The summed E-state index contributed by atoms with van der Waals surface area (Å²) in [6.07, 6.45) is 6.88. The predicted molar refractivity (Wildman–Crippen MR) is 157 cm³/mol. The van der Waals surface area contributed by atoms with Crippen molar-refractivity contribution in [2.24, 2.45) is 10.8 Å². The lowest BCUT2D eigenvalue weighted by molar-refractivity contribution is -0.134. The molecular formula is C28H46N4O4S2. The Morgan fingerprint density at radius 2 is 1.37 bits per heavy atom. The summed E-state index contributed by atoms with van der Waals surface area (Å²) in [6, 6.07) is 0. The lowest BCUT2D eigenvalue weighted by Gasteiger charge is -2.39. The first-order valence-electron chi connectivity index (χ1n) is 13.9. The van der Waals surface area contributed by atoms with Gasteiger partial charge in [-0.05, 0) is 74.8 Å². The van der Waals surface area contributed by atoms with Crippen LogP contribution in [0.5, 0.6) is 0 Å². The molecule has 2 saturated heterocycles. The first-order chi connectivity index (χ1) is 17.8. The van der Waals surface area contributed by atoms with Gasteiger partial charge in [0.25, 0.3) is 0 Å². The minimum absolute atomic E-state index is 0.0206. The summed E-state index contributed by atoms with van der Waals surface area (Å²) in [5, 5.41) is 0.854. The fraction of sp³-hybridized carbons (Fsp3) is 0.786. The predicted octanol–water partition coefficient (Wildman–Crippen LogP) is 4.54. The number of carbonyl (C=O) groups excluding carboxylic acids is 4. The second kappa shape index (κ2) is 13.9. The van der Waals surface area contributed by atoms with Gasteiger partial charge in [-0.2, -0.15) is 0 Å². The van der Waals surface area contributed by atoms with Crippen LogP contribution < -0.4 is 0 Å². The second-order valence-corrected chi connectivity index (χ2v) is 12.8. The van der Waals surface area contributed by atoms with E-state index >= 15 is 0 Å². The normalized spacial score (nSPS) is 17.0. The number of unbranched alkanes of at least 4 members (excludes halogenated alkanes) is 2. The Kier molecular flexibility index (Phi) is 11.8. The van der Waals surface area contributed by atoms with Crippen LogP contribution in [0.25, 0.3) is 0 Å². The molecule has 2 aliphatic rings. The van der Waals surface area contributed by atoms with Crippen LogP contribution in [0.2, 0.25) is 0 Å². The Morgan fingerprint density at radius 1 is 0.842 bits per heavy atom. The Hall–Kier alpha value is -1.94. The quantitative estimate of drug-likeness (QED) is 0.144. The highest BCUT2D eigenvalue weighted by Gasteiger charge is 2.47. The zero-order valence-corrected chi connectivity index (χ0v) is 25.7. The summed E-state index contributed by atoms with van der Waals surface area (Å²) in [5.41, 5.74) is -0.309. The summed E-state index contributed by atoms with van der Waals surface area (Å²) in [4.78, 5) is 56.4. The number of hydrogen-bond acceptors (Lipinski definition) is 6. The van der Waals surface area contributed by atoms with Gasteiger partial charge in [-0.25, -0.2) is 0 Å². The highest BCUT2D eigenvalue weighted by molar-refractivity contribution is 7.80. The third kappa shape index (κ3) is 8.53. The molecule has 2 amide bonds. The zero-order valence-electron chi connectivity index (χ0n) is 24.1. The summed E-state index contributed by atoms with van der Waals surface area (Å²) in [7, 11) is 0. The van der Waals surface area contributed by atoms with Crippen LogP contribution >= 0.6 is 24.4 Å². The van der Waals surface area contributed by atoms with Gasteiger partial charge < -0.3 is 14.6 Å². The van der Waals surface area contributed by atoms with Crippen LogP contribution in [0.1, 0.15) is 99.3 Å². The van der Waals surface area contributed by atoms with Crippen molar-refractivity contribution >= 4 is 58.5 Å². The zero-order chi connectivity index (χ0) is 28.7. The topological polar surface area (TPSA) is 81.2 Å². The Bertz CT molecular complexity index is 879. The van der Waals surface area contributed by atoms with Crippen molar-refractivity contribution in [1.82, 2.24) is 19.6 Å². The standard InChI is InChI=1S/C28H46N4O4S2/c1-7-29-19-23(35)31(25(29)37)22(32-24(36)20-30(8-2)26(32)38)18-28(5,6)15-13-21(34)12-10-9-11-14-27(3,4)16-17-33/h17,22H,7-16,18-20H2,1-6H3. The van der Waals surface area contributed by atoms with E-state index in [1.165, 1.54) is 0 Å². The number of carbonyl (C=O) groups is 4. The van der Waals surface area contributed by atoms with Gasteiger partial charge in [0.05, 0.1) is 13.1 Å². The molecule has 8 nitrogen and oxygen atoms in total. The van der Waals surface area contributed by atoms with Crippen LogP contribution in [-0.4, -0.2) is 86.1 Å². The van der Waals surface area contributed by atoms with Crippen LogP contribution in [0, 0.1) is 10.8 Å². The minimum atomic E-state index is -0.608. The van der Waals surface area contributed by atoms with Gasteiger partial charge in [0.1, 0.15) is 18.2 Å². The van der Waals surface area contributed by atoms with E-state index < -0.39 is 6.17 Å². The third-order valence-electron chi connectivity index (χ3n) is 7.76. The van der Waals surface area contributed by atoms with Crippen LogP contribution in [0.3, 0.4) is 0 Å². The van der Waals surface area contributed by atoms with Crippen molar-refractivity contribution < 1.29 is 19.2 Å². The molecule has 0 radical (unpaired) electrons. The minimum Gasteiger partial charge on any atom is -0.340 e. The Morgan fingerprint density at radius 3 is 1.82 bits per heavy atom. The molecule has 2 rings (SSSR count). The van der Waals surface area contributed by atoms with Gasteiger partial charge in [0.15, 0.2) is 10.2 Å². The fourth-order valence-electron chi connectivity index (χ4n) is 5.14. The number of likely N-dealkylation sites (N-methyl/N-ethyl adjacent to an activating group) is 2. The van der Waals surface area contributed by atoms with Crippen LogP contribution in [0.4, 0.5) is 0 Å². The molecular weight excluding hydrogens is 520 g/mol. The number of thiocarbonyl (C=S) groups is 2. The van der Waals surface area contributed by atoms with Crippen molar-refractivity contribution in [3.8, 4) is 0 Å². The van der Waals surface area contributed by atoms with Crippen molar-refractivity contribution in [1.29, 1.82) is 0 Å². The number of aldehydes is 1. The van der Waals surface area contributed by atoms with Gasteiger partial charge in [-0.1, -0.05) is 40.5 Å². The molecule has 2 heterocycles. The summed E-state index contributed by atoms with van der Waals surface area (Å²) < 4.78 is 0. The van der Waals surface area contributed by atoms with E-state index in [4.69, 9.17) is 24.4 Å². The van der Waals surface area contributed by atoms with Gasteiger partial charge in [0, 0.05) is 32.4 Å². The van der Waals surface area contributed by atoms with Crippen LogP contribution in [-0.2, 0) is 19.2 Å². The SMILES string of the molecule is CCN1CC(=O)N(C(CC(C)(C)CCC(=O)CCCCCC(C)(C)CC=O)N2C(=O)CN(CC)C2=S)C1=S. The summed E-state index contributed by atoms with van der Waals surface area (Å²) in [5.74, 6) is -0.0252. The number of amides is 2. The maximum absolute atomic E-state index is 13.1. The average molecular weight is 567 g/mol. The summed E-state index contributed by atoms with van der Waals surface area (Å²) in [6.45, 7) is 13.9. The molecule has 0 unspecified atom stereocenters. The molecule has 0 aromatic heterocycles. The maximum atomic E-state index is 13.1. The van der Waals surface area contributed by atoms with E-state index in [0.717, 1.165) is 32.0 Å². The number of nitrogens with zero attached hydrogens (tertiary/aromatic N) is 4. The number of ketones is 1. The lowest BCUT2D eigenvalue weighted by Crippen LogP contribution is -2.55. The molecule has 0 aromatic carbocycles. The van der Waals surface area contributed by atoms with E-state index in [0.29, 0.717) is 55.4 Å². The molecule has 214 valence electrons.